The molecule has 150 valence electrons. The van der Waals surface area contributed by atoms with Gasteiger partial charge in [-0.05, 0) is 29.5 Å². The molecule has 0 fully saturated rings. The van der Waals surface area contributed by atoms with Crippen molar-refractivity contribution in [2.75, 3.05) is 18.9 Å². The molecule has 0 aliphatic rings. The van der Waals surface area contributed by atoms with Crippen molar-refractivity contribution in [3.63, 3.8) is 0 Å². The zero-order valence-electron chi connectivity index (χ0n) is 17.0. The molecule has 0 saturated carbocycles. The van der Waals surface area contributed by atoms with Crippen molar-refractivity contribution in [3.05, 3.63) is 29.8 Å². The summed E-state index contributed by atoms with van der Waals surface area (Å²) in [6.07, 6.45) is -0.556. The Bertz CT molecular complexity index is 641. The van der Waals surface area contributed by atoms with E-state index >= 15 is 0 Å². The maximum Gasteiger partial charge on any atom is 0.410 e. The van der Waals surface area contributed by atoms with Gasteiger partial charge in [-0.2, -0.15) is 0 Å². The minimum Gasteiger partial charge on any atom is -0.445 e. The van der Waals surface area contributed by atoms with E-state index in [1.54, 1.807) is 31.3 Å². The lowest BCUT2D eigenvalue weighted by Gasteiger charge is -2.29. The van der Waals surface area contributed by atoms with Gasteiger partial charge in [-0.3, -0.25) is 14.5 Å². The molecule has 0 aliphatic heterocycles. The lowest BCUT2D eigenvalue weighted by Crippen LogP contribution is -2.51. The Morgan fingerprint density at radius 3 is 2.15 bits per heavy atom. The monoisotopic (exact) mass is 377 g/mol. The van der Waals surface area contributed by atoms with Gasteiger partial charge in [0.25, 0.3) is 0 Å². The maximum atomic E-state index is 12.4. The Kier molecular flexibility index (Phi) is 8.78. The van der Waals surface area contributed by atoms with Crippen LogP contribution in [0.1, 0.15) is 40.2 Å². The minimum atomic E-state index is -0.599. The van der Waals surface area contributed by atoms with Crippen molar-refractivity contribution in [3.8, 4) is 0 Å². The Labute approximate surface area is 161 Å². The lowest BCUT2D eigenvalue weighted by molar-refractivity contribution is -0.127. The molecule has 1 aromatic carbocycles. The van der Waals surface area contributed by atoms with Crippen LogP contribution < -0.4 is 10.6 Å². The Balaban J connectivity index is 2.65. The quantitative estimate of drug-likeness (QED) is 0.729. The lowest BCUT2D eigenvalue weighted by atomic mass is 10.0. The van der Waals surface area contributed by atoms with E-state index in [4.69, 9.17) is 4.74 Å². The normalized spacial score (nSPS) is 11.9. The highest BCUT2D eigenvalue weighted by molar-refractivity contribution is 5.88. The SMILES string of the molecule is CC(=O)Nc1ccc(COC(=O)N(C)C(C(=O)NCC(C)C)C(C)C)cc1. The second-order valence-electron chi connectivity index (χ2n) is 7.37. The number of carbonyl (C=O) groups excluding carboxylic acids is 3. The number of nitrogens with zero attached hydrogens (tertiary/aromatic N) is 1. The molecule has 1 aromatic rings. The number of hydrogen-bond donors (Lipinski definition) is 2. The molecular weight excluding hydrogens is 346 g/mol. The molecule has 1 atom stereocenters. The Morgan fingerprint density at radius 2 is 1.67 bits per heavy atom. The molecule has 2 N–H and O–H groups in total. The fraction of sp³-hybridized carbons (Fsp3) is 0.550. The summed E-state index contributed by atoms with van der Waals surface area (Å²) in [5.41, 5.74) is 1.47. The van der Waals surface area contributed by atoms with Crippen molar-refractivity contribution in [1.29, 1.82) is 0 Å². The van der Waals surface area contributed by atoms with Crippen LogP contribution in [0.15, 0.2) is 24.3 Å². The van der Waals surface area contributed by atoms with Gasteiger partial charge in [0.15, 0.2) is 0 Å². The summed E-state index contributed by atoms with van der Waals surface area (Å²) in [5, 5.41) is 5.55. The number of nitrogens with one attached hydrogen (secondary N) is 2. The molecule has 1 unspecified atom stereocenters. The van der Waals surface area contributed by atoms with Crippen LogP contribution in [-0.4, -0.2) is 42.4 Å². The first kappa shape index (κ1) is 22.5. The summed E-state index contributed by atoms with van der Waals surface area (Å²) in [5.74, 6) is -0.0461. The van der Waals surface area contributed by atoms with Gasteiger partial charge in [-0.1, -0.05) is 39.8 Å². The number of carbonyl (C=O) groups is 3. The van der Waals surface area contributed by atoms with Crippen molar-refractivity contribution in [1.82, 2.24) is 10.2 Å². The van der Waals surface area contributed by atoms with Crippen LogP contribution in [0.2, 0.25) is 0 Å². The van der Waals surface area contributed by atoms with E-state index in [0.717, 1.165) is 5.56 Å². The second kappa shape index (κ2) is 10.5. The van der Waals surface area contributed by atoms with E-state index in [9.17, 15) is 14.4 Å². The van der Waals surface area contributed by atoms with Gasteiger partial charge >= 0.3 is 6.09 Å². The summed E-state index contributed by atoms with van der Waals surface area (Å²) in [6.45, 7) is 9.90. The van der Waals surface area contributed by atoms with Gasteiger partial charge in [-0.25, -0.2) is 4.79 Å². The summed E-state index contributed by atoms with van der Waals surface area (Å²) in [4.78, 5) is 37.2. The average Bonchev–Trinajstić information content (AvgIpc) is 2.58. The number of likely N-dealkylation sites (N-methyl/N-ethyl adjacent to an activating group) is 1. The number of ether oxygens (including phenoxy) is 1. The van der Waals surface area contributed by atoms with Crippen LogP contribution in [0.25, 0.3) is 0 Å². The highest BCUT2D eigenvalue weighted by Gasteiger charge is 2.30. The van der Waals surface area contributed by atoms with Crippen LogP contribution in [0, 0.1) is 11.8 Å². The van der Waals surface area contributed by atoms with Crippen LogP contribution in [0.4, 0.5) is 10.5 Å². The maximum absolute atomic E-state index is 12.4. The largest absolute Gasteiger partial charge is 0.445 e. The fourth-order valence-electron chi connectivity index (χ4n) is 2.58. The van der Waals surface area contributed by atoms with Crippen molar-refractivity contribution in [2.24, 2.45) is 11.8 Å². The van der Waals surface area contributed by atoms with E-state index in [0.29, 0.717) is 18.2 Å². The topological polar surface area (TPSA) is 87.7 Å². The first-order chi connectivity index (χ1) is 12.6. The smallest absolute Gasteiger partial charge is 0.410 e. The van der Waals surface area contributed by atoms with Crippen molar-refractivity contribution in [2.45, 2.75) is 47.3 Å². The number of hydrogen-bond acceptors (Lipinski definition) is 4. The van der Waals surface area contributed by atoms with E-state index in [1.807, 2.05) is 27.7 Å². The van der Waals surface area contributed by atoms with Crippen LogP contribution >= 0.6 is 0 Å². The summed E-state index contributed by atoms with van der Waals surface area (Å²) >= 11 is 0. The highest BCUT2D eigenvalue weighted by atomic mass is 16.6. The predicted molar refractivity (Wildman–Crippen MR) is 105 cm³/mol. The van der Waals surface area contributed by atoms with Crippen LogP contribution in [0.5, 0.6) is 0 Å². The number of benzene rings is 1. The molecule has 27 heavy (non-hydrogen) atoms. The third-order valence-corrected chi connectivity index (χ3v) is 3.93. The van der Waals surface area contributed by atoms with Gasteiger partial charge in [0.2, 0.25) is 11.8 Å². The zero-order valence-corrected chi connectivity index (χ0v) is 17.0. The standard InChI is InChI=1S/C20H31N3O4/c1-13(2)11-21-19(25)18(14(3)4)23(6)20(26)27-12-16-7-9-17(10-8-16)22-15(5)24/h7-10,13-14,18H,11-12H2,1-6H3,(H,21,25)(H,22,24). The van der Waals surface area contributed by atoms with E-state index in [-0.39, 0.29) is 24.3 Å². The molecule has 3 amide bonds. The molecular formula is C20H31N3O4. The van der Waals surface area contributed by atoms with Gasteiger partial charge < -0.3 is 15.4 Å². The van der Waals surface area contributed by atoms with E-state index in [1.165, 1.54) is 11.8 Å². The highest BCUT2D eigenvalue weighted by Crippen LogP contribution is 2.14. The number of anilines is 1. The molecule has 0 spiro atoms. The summed E-state index contributed by atoms with van der Waals surface area (Å²) in [7, 11) is 1.57. The first-order valence-electron chi connectivity index (χ1n) is 9.15. The third kappa shape index (κ3) is 7.68. The summed E-state index contributed by atoms with van der Waals surface area (Å²) < 4.78 is 5.34. The summed E-state index contributed by atoms with van der Waals surface area (Å²) in [6, 6.07) is 6.43. The minimum absolute atomic E-state index is 0.0494. The molecule has 7 heteroatoms. The van der Waals surface area contributed by atoms with Gasteiger partial charge in [0.05, 0.1) is 0 Å². The second-order valence-corrected chi connectivity index (χ2v) is 7.37. The molecule has 0 aromatic heterocycles. The van der Waals surface area contributed by atoms with E-state index < -0.39 is 12.1 Å². The van der Waals surface area contributed by atoms with E-state index in [2.05, 4.69) is 10.6 Å². The fourth-order valence-corrected chi connectivity index (χ4v) is 2.58. The molecule has 0 radical (unpaired) electrons. The van der Waals surface area contributed by atoms with Crippen LogP contribution in [0.3, 0.4) is 0 Å². The average molecular weight is 377 g/mol. The van der Waals surface area contributed by atoms with Crippen LogP contribution in [-0.2, 0) is 20.9 Å². The molecule has 0 saturated heterocycles. The van der Waals surface area contributed by atoms with Gasteiger partial charge in [0, 0.05) is 26.2 Å². The van der Waals surface area contributed by atoms with Gasteiger partial charge in [-0.15, -0.1) is 0 Å². The molecule has 7 nitrogen and oxygen atoms in total. The molecule has 0 bridgehead atoms. The Hall–Kier alpha value is -2.57. The Morgan fingerprint density at radius 1 is 1.07 bits per heavy atom. The predicted octanol–water partition coefficient (Wildman–Crippen LogP) is 3.01. The first-order valence-corrected chi connectivity index (χ1v) is 9.15. The van der Waals surface area contributed by atoms with Crippen molar-refractivity contribution < 1.29 is 19.1 Å². The number of rotatable bonds is 8. The third-order valence-electron chi connectivity index (χ3n) is 3.93. The zero-order chi connectivity index (χ0) is 20.6. The molecule has 1 rings (SSSR count). The number of amides is 3. The molecule has 0 aliphatic carbocycles. The van der Waals surface area contributed by atoms with Crippen molar-refractivity contribution >= 4 is 23.6 Å². The molecule has 0 heterocycles. The van der Waals surface area contributed by atoms with Gasteiger partial charge in [0.1, 0.15) is 12.6 Å².